The minimum Gasteiger partial charge on any atom is -0.512 e. The smallest absolute Gasteiger partial charge is 0.149 e. The predicted octanol–water partition coefficient (Wildman–Crippen LogP) is 4.64. The van der Waals surface area contributed by atoms with Gasteiger partial charge in [-0.15, -0.1) is 0 Å². The Balaban J connectivity index is 3.14. The molecule has 0 heterocycles. The molecule has 0 unspecified atom stereocenters. The second kappa shape index (κ2) is 11.2. The van der Waals surface area contributed by atoms with Crippen LogP contribution in [0.5, 0.6) is 0 Å². The van der Waals surface area contributed by atoms with E-state index < -0.39 is 0 Å². The van der Waals surface area contributed by atoms with Gasteiger partial charge in [-0.3, -0.25) is 0 Å². The molecule has 0 fully saturated rings. The van der Waals surface area contributed by atoms with Gasteiger partial charge in [0.05, 0.1) is 0 Å². The average molecular weight is 212 g/mol. The van der Waals surface area contributed by atoms with Crippen LogP contribution in [-0.2, 0) is 0 Å². The molecule has 0 aromatic heterocycles. The third kappa shape index (κ3) is 11.0. The molecular formula is C13H24O2. The van der Waals surface area contributed by atoms with Gasteiger partial charge in [-0.25, -0.2) is 0 Å². The van der Waals surface area contributed by atoms with E-state index in [1.807, 2.05) is 6.08 Å². The second-order valence-electron chi connectivity index (χ2n) is 3.87. The minimum absolute atomic E-state index is 0.0713. The van der Waals surface area contributed by atoms with E-state index in [0.717, 1.165) is 6.42 Å². The first-order valence-corrected chi connectivity index (χ1v) is 6.01. The predicted molar refractivity (Wildman–Crippen MR) is 65.1 cm³/mol. The Labute approximate surface area is 93.3 Å². The maximum atomic E-state index is 8.88. The summed E-state index contributed by atoms with van der Waals surface area (Å²) in [4.78, 5) is 0. The second-order valence-corrected chi connectivity index (χ2v) is 3.87. The first-order valence-electron chi connectivity index (χ1n) is 6.01. The zero-order valence-electron chi connectivity index (χ0n) is 9.78. The van der Waals surface area contributed by atoms with Crippen molar-refractivity contribution in [3.63, 3.8) is 0 Å². The SMILES string of the molecule is CCCCCCCCCC=CC(O)=CO. The Morgan fingerprint density at radius 3 is 2.20 bits per heavy atom. The van der Waals surface area contributed by atoms with Crippen LogP contribution in [0.2, 0.25) is 0 Å². The van der Waals surface area contributed by atoms with Crippen molar-refractivity contribution in [2.75, 3.05) is 0 Å². The number of unbranched alkanes of at least 4 members (excludes halogenated alkanes) is 7. The summed E-state index contributed by atoms with van der Waals surface area (Å²) in [6.07, 6.45) is 14.2. The van der Waals surface area contributed by atoms with Crippen LogP contribution in [0.3, 0.4) is 0 Å². The molecule has 0 spiro atoms. The largest absolute Gasteiger partial charge is 0.512 e. The molecule has 0 aromatic carbocycles. The molecule has 15 heavy (non-hydrogen) atoms. The number of hydrogen-bond acceptors (Lipinski definition) is 2. The molecular weight excluding hydrogens is 188 g/mol. The van der Waals surface area contributed by atoms with Crippen molar-refractivity contribution < 1.29 is 10.2 Å². The van der Waals surface area contributed by atoms with Gasteiger partial charge in [-0.05, 0) is 18.9 Å². The molecule has 0 aliphatic rings. The lowest BCUT2D eigenvalue weighted by atomic mass is 10.1. The fourth-order valence-electron chi connectivity index (χ4n) is 1.47. The van der Waals surface area contributed by atoms with Crippen LogP contribution < -0.4 is 0 Å². The molecule has 0 bridgehead atoms. The van der Waals surface area contributed by atoms with Crippen LogP contribution in [-0.4, -0.2) is 10.2 Å². The Hall–Kier alpha value is -0.920. The fourth-order valence-corrected chi connectivity index (χ4v) is 1.47. The van der Waals surface area contributed by atoms with Crippen LogP contribution in [0.25, 0.3) is 0 Å². The highest BCUT2D eigenvalue weighted by molar-refractivity contribution is 5.06. The maximum absolute atomic E-state index is 8.88. The van der Waals surface area contributed by atoms with Crippen molar-refractivity contribution in [3.8, 4) is 0 Å². The van der Waals surface area contributed by atoms with E-state index in [1.165, 1.54) is 51.0 Å². The van der Waals surface area contributed by atoms with E-state index >= 15 is 0 Å². The molecule has 88 valence electrons. The maximum Gasteiger partial charge on any atom is 0.149 e. The first-order chi connectivity index (χ1) is 7.31. The molecule has 0 saturated carbocycles. The standard InChI is InChI=1S/C13H24O2/c1-2-3-4-5-6-7-8-9-10-11-13(15)12-14/h10-12,14-15H,2-9H2,1H3. The van der Waals surface area contributed by atoms with E-state index in [-0.39, 0.29) is 5.76 Å². The molecule has 0 rings (SSSR count). The van der Waals surface area contributed by atoms with Crippen molar-refractivity contribution in [1.82, 2.24) is 0 Å². The van der Waals surface area contributed by atoms with Gasteiger partial charge in [0, 0.05) is 0 Å². The van der Waals surface area contributed by atoms with Gasteiger partial charge < -0.3 is 10.2 Å². The Morgan fingerprint density at radius 2 is 1.60 bits per heavy atom. The van der Waals surface area contributed by atoms with Crippen molar-refractivity contribution in [3.05, 3.63) is 24.2 Å². The highest BCUT2D eigenvalue weighted by Gasteiger charge is 1.89. The lowest BCUT2D eigenvalue weighted by Crippen LogP contribution is -1.79. The molecule has 0 aromatic rings. The van der Waals surface area contributed by atoms with E-state index in [1.54, 1.807) is 0 Å². The molecule has 2 N–H and O–H groups in total. The Morgan fingerprint density at radius 1 is 1.00 bits per heavy atom. The van der Waals surface area contributed by atoms with Gasteiger partial charge >= 0.3 is 0 Å². The zero-order chi connectivity index (χ0) is 11.4. The lowest BCUT2D eigenvalue weighted by Gasteiger charge is -1.98. The highest BCUT2D eigenvalue weighted by Crippen LogP contribution is 2.08. The van der Waals surface area contributed by atoms with Gasteiger partial charge in [0.2, 0.25) is 0 Å². The fraction of sp³-hybridized carbons (Fsp3) is 0.692. The minimum atomic E-state index is -0.0713. The van der Waals surface area contributed by atoms with Gasteiger partial charge in [-0.1, -0.05) is 51.5 Å². The summed E-state index contributed by atoms with van der Waals surface area (Å²) in [5.41, 5.74) is 0. The monoisotopic (exact) mass is 212 g/mol. The third-order valence-corrected chi connectivity index (χ3v) is 2.40. The molecule has 2 heteroatoms. The normalized spacial score (nSPS) is 12.5. The number of allylic oxidation sites excluding steroid dienone is 2. The van der Waals surface area contributed by atoms with Crippen molar-refractivity contribution in [2.45, 2.75) is 58.3 Å². The van der Waals surface area contributed by atoms with Crippen LogP contribution >= 0.6 is 0 Å². The number of aliphatic hydroxyl groups is 2. The molecule has 2 nitrogen and oxygen atoms in total. The van der Waals surface area contributed by atoms with E-state index in [0.29, 0.717) is 6.26 Å². The first kappa shape index (κ1) is 14.1. The van der Waals surface area contributed by atoms with Crippen molar-refractivity contribution >= 4 is 0 Å². The lowest BCUT2D eigenvalue weighted by molar-refractivity contribution is 0.377. The van der Waals surface area contributed by atoms with Gasteiger partial charge in [-0.2, -0.15) is 0 Å². The Bertz CT molecular complexity index is 183. The quantitative estimate of drug-likeness (QED) is 0.332. The number of aliphatic hydroxyl groups excluding tert-OH is 2. The topological polar surface area (TPSA) is 40.5 Å². The molecule has 0 atom stereocenters. The average Bonchev–Trinajstić information content (AvgIpc) is 2.26. The molecule has 0 aliphatic carbocycles. The van der Waals surface area contributed by atoms with Crippen LogP contribution in [0.4, 0.5) is 0 Å². The molecule has 0 aliphatic heterocycles. The summed E-state index contributed by atoms with van der Waals surface area (Å²) >= 11 is 0. The van der Waals surface area contributed by atoms with Gasteiger partial charge in [0.1, 0.15) is 12.0 Å². The van der Waals surface area contributed by atoms with Crippen molar-refractivity contribution in [2.24, 2.45) is 0 Å². The molecule has 0 saturated heterocycles. The zero-order valence-corrected chi connectivity index (χ0v) is 9.78. The summed E-state index contributed by atoms with van der Waals surface area (Å²) < 4.78 is 0. The molecule has 0 amide bonds. The van der Waals surface area contributed by atoms with Crippen LogP contribution in [0, 0.1) is 0 Å². The summed E-state index contributed by atoms with van der Waals surface area (Å²) in [5.74, 6) is -0.0713. The number of rotatable bonds is 9. The number of hydrogen-bond donors (Lipinski definition) is 2. The highest BCUT2D eigenvalue weighted by atomic mass is 16.3. The van der Waals surface area contributed by atoms with Gasteiger partial charge in [0.15, 0.2) is 0 Å². The van der Waals surface area contributed by atoms with Crippen LogP contribution in [0.1, 0.15) is 58.3 Å². The van der Waals surface area contributed by atoms with Crippen LogP contribution in [0.15, 0.2) is 24.2 Å². The Kier molecular flexibility index (Phi) is 10.5. The van der Waals surface area contributed by atoms with Gasteiger partial charge in [0.25, 0.3) is 0 Å². The summed E-state index contributed by atoms with van der Waals surface area (Å²) in [5, 5.41) is 17.3. The summed E-state index contributed by atoms with van der Waals surface area (Å²) in [7, 11) is 0. The van der Waals surface area contributed by atoms with Crippen molar-refractivity contribution in [1.29, 1.82) is 0 Å². The molecule has 0 radical (unpaired) electrons. The van der Waals surface area contributed by atoms with E-state index in [2.05, 4.69) is 6.92 Å². The summed E-state index contributed by atoms with van der Waals surface area (Å²) in [6, 6.07) is 0. The van der Waals surface area contributed by atoms with E-state index in [4.69, 9.17) is 10.2 Å². The summed E-state index contributed by atoms with van der Waals surface area (Å²) in [6.45, 7) is 2.23. The third-order valence-electron chi connectivity index (χ3n) is 2.40. The van der Waals surface area contributed by atoms with E-state index in [9.17, 15) is 0 Å².